The third-order valence-corrected chi connectivity index (χ3v) is 3.09. The molecule has 0 saturated carbocycles. The number of hydrogen-bond donors (Lipinski definition) is 0. The van der Waals surface area contributed by atoms with Gasteiger partial charge in [0.05, 0.1) is 0 Å². The summed E-state index contributed by atoms with van der Waals surface area (Å²) in [5.41, 5.74) is 0.358. The predicted octanol–water partition coefficient (Wildman–Crippen LogP) is 2.58. The highest BCUT2D eigenvalue weighted by Gasteiger charge is 2.39. The van der Waals surface area contributed by atoms with Crippen LogP contribution in [0.25, 0.3) is 0 Å². The van der Waals surface area contributed by atoms with Crippen LogP contribution in [0.3, 0.4) is 0 Å². The summed E-state index contributed by atoms with van der Waals surface area (Å²) < 4.78 is 0. The van der Waals surface area contributed by atoms with Crippen molar-refractivity contribution in [1.82, 2.24) is 4.90 Å². The van der Waals surface area contributed by atoms with E-state index in [0.29, 0.717) is 5.54 Å². The first-order valence-electron chi connectivity index (χ1n) is 5.04. The Kier molecular flexibility index (Phi) is 1.80. The molecule has 0 spiro atoms. The molecule has 12 heavy (non-hydrogen) atoms. The van der Waals surface area contributed by atoms with E-state index in [-0.39, 0.29) is 0 Å². The average Bonchev–Trinajstić information content (AvgIpc) is 2.23. The molecule has 1 nitrogen and oxygen atoms in total. The molecule has 2 unspecified atom stereocenters. The van der Waals surface area contributed by atoms with E-state index >= 15 is 0 Å². The van der Waals surface area contributed by atoms with Crippen LogP contribution in [0.5, 0.6) is 0 Å². The Morgan fingerprint density at radius 2 is 2.00 bits per heavy atom. The summed E-state index contributed by atoms with van der Waals surface area (Å²) in [7, 11) is 0. The molecule has 0 N–H and O–H groups in total. The Morgan fingerprint density at radius 1 is 1.25 bits per heavy atom. The molecule has 0 amide bonds. The third-order valence-electron chi connectivity index (χ3n) is 3.09. The van der Waals surface area contributed by atoms with Crippen LogP contribution in [0, 0.1) is 0 Å². The molecule has 2 aliphatic heterocycles. The molecule has 2 atom stereocenters. The monoisotopic (exact) mass is 165 g/mol. The van der Waals surface area contributed by atoms with Gasteiger partial charge < -0.3 is 0 Å². The van der Waals surface area contributed by atoms with E-state index in [1.54, 1.807) is 0 Å². The first-order valence-corrected chi connectivity index (χ1v) is 5.04. The van der Waals surface area contributed by atoms with E-state index in [1.807, 2.05) is 0 Å². The normalized spacial score (nSPS) is 35.9. The summed E-state index contributed by atoms with van der Waals surface area (Å²) >= 11 is 0. The van der Waals surface area contributed by atoms with Crippen LogP contribution in [-0.4, -0.2) is 22.5 Å². The highest BCUT2D eigenvalue weighted by molar-refractivity contribution is 5.10. The van der Waals surface area contributed by atoms with Crippen LogP contribution in [-0.2, 0) is 0 Å². The fraction of sp³-hybridized carbons (Fsp3) is 0.818. The van der Waals surface area contributed by atoms with Gasteiger partial charge in [0, 0.05) is 17.6 Å². The van der Waals surface area contributed by atoms with Crippen molar-refractivity contribution in [3.63, 3.8) is 0 Å². The van der Waals surface area contributed by atoms with Crippen LogP contribution >= 0.6 is 0 Å². The maximum Gasteiger partial charge on any atom is 0.0287 e. The number of hydrogen-bond acceptors (Lipinski definition) is 1. The second-order valence-electron chi connectivity index (χ2n) is 5.04. The zero-order chi connectivity index (χ0) is 8.77. The molecule has 2 rings (SSSR count). The van der Waals surface area contributed by atoms with Crippen LogP contribution in [0.1, 0.15) is 40.0 Å². The van der Waals surface area contributed by atoms with Gasteiger partial charge in [-0.2, -0.15) is 0 Å². The summed E-state index contributed by atoms with van der Waals surface area (Å²) in [6, 6.07) is 1.57. The molecule has 0 aromatic heterocycles. The fourth-order valence-corrected chi connectivity index (χ4v) is 2.77. The largest absolute Gasteiger partial charge is 0.289 e. The Labute approximate surface area is 75.4 Å². The second-order valence-corrected chi connectivity index (χ2v) is 5.04. The van der Waals surface area contributed by atoms with E-state index in [2.05, 4.69) is 37.8 Å². The molecular formula is C11H19N. The van der Waals surface area contributed by atoms with Gasteiger partial charge in [-0.3, -0.25) is 4.90 Å². The minimum Gasteiger partial charge on any atom is -0.289 e. The SMILES string of the molecule is CC(C)(C)N1C2C=CCC1CC2. The zero-order valence-corrected chi connectivity index (χ0v) is 8.38. The smallest absolute Gasteiger partial charge is 0.0287 e. The lowest BCUT2D eigenvalue weighted by atomic mass is 9.99. The van der Waals surface area contributed by atoms with E-state index < -0.39 is 0 Å². The minimum atomic E-state index is 0.358. The summed E-state index contributed by atoms with van der Waals surface area (Å²) in [5, 5.41) is 0. The quantitative estimate of drug-likeness (QED) is 0.499. The number of nitrogens with zero attached hydrogens (tertiary/aromatic N) is 1. The van der Waals surface area contributed by atoms with Crippen molar-refractivity contribution in [2.45, 2.75) is 57.7 Å². The summed E-state index contributed by atoms with van der Waals surface area (Å²) in [6.45, 7) is 6.99. The van der Waals surface area contributed by atoms with Crippen molar-refractivity contribution in [1.29, 1.82) is 0 Å². The van der Waals surface area contributed by atoms with Crippen molar-refractivity contribution in [3.05, 3.63) is 12.2 Å². The molecule has 2 bridgehead atoms. The van der Waals surface area contributed by atoms with E-state index in [4.69, 9.17) is 0 Å². The van der Waals surface area contributed by atoms with Gasteiger partial charge in [-0.1, -0.05) is 12.2 Å². The van der Waals surface area contributed by atoms with Gasteiger partial charge in [-0.15, -0.1) is 0 Å². The highest BCUT2D eigenvalue weighted by Crippen LogP contribution is 2.36. The van der Waals surface area contributed by atoms with Gasteiger partial charge in [0.1, 0.15) is 0 Å². The molecule has 1 heteroatoms. The summed E-state index contributed by atoms with van der Waals surface area (Å²) in [5.74, 6) is 0. The van der Waals surface area contributed by atoms with E-state index in [1.165, 1.54) is 19.3 Å². The molecule has 0 radical (unpaired) electrons. The van der Waals surface area contributed by atoms with Crippen LogP contribution in [0.15, 0.2) is 12.2 Å². The van der Waals surface area contributed by atoms with Crippen molar-refractivity contribution in [2.75, 3.05) is 0 Å². The van der Waals surface area contributed by atoms with Gasteiger partial charge in [0.2, 0.25) is 0 Å². The first kappa shape index (κ1) is 8.31. The molecule has 0 aromatic rings. The standard InChI is InChI=1S/C11H19N/c1-11(2,3)12-9-5-4-6-10(12)8-7-9/h4-5,9-10H,6-8H2,1-3H3. The average molecular weight is 165 g/mol. The molecule has 0 aliphatic carbocycles. The first-order chi connectivity index (χ1) is 5.59. The van der Waals surface area contributed by atoms with Crippen LogP contribution in [0.4, 0.5) is 0 Å². The molecule has 1 fully saturated rings. The van der Waals surface area contributed by atoms with Gasteiger partial charge in [-0.05, 0) is 40.0 Å². The van der Waals surface area contributed by atoms with Crippen molar-refractivity contribution in [3.8, 4) is 0 Å². The lowest BCUT2D eigenvalue weighted by molar-refractivity contribution is 0.0889. The molecular weight excluding hydrogens is 146 g/mol. The van der Waals surface area contributed by atoms with Gasteiger partial charge in [-0.25, -0.2) is 0 Å². The molecule has 68 valence electrons. The van der Waals surface area contributed by atoms with Gasteiger partial charge in [0.25, 0.3) is 0 Å². The summed E-state index contributed by atoms with van der Waals surface area (Å²) in [4.78, 5) is 2.69. The van der Waals surface area contributed by atoms with Crippen molar-refractivity contribution >= 4 is 0 Å². The summed E-state index contributed by atoms with van der Waals surface area (Å²) in [6.07, 6.45) is 8.81. The van der Waals surface area contributed by atoms with E-state index in [9.17, 15) is 0 Å². The number of fused-ring (bicyclic) bond motifs is 2. The van der Waals surface area contributed by atoms with E-state index in [0.717, 1.165) is 12.1 Å². The number of rotatable bonds is 0. The van der Waals surface area contributed by atoms with Gasteiger partial charge >= 0.3 is 0 Å². The van der Waals surface area contributed by atoms with Crippen molar-refractivity contribution < 1.29 is 0 Å². The Balaban J connectivity index is 2.22. The highest BCUT2D eigenvalue weighted by atomic mass is 15.3. The van der Waals surface area contributed by atoms with Crippen molar-refractivity contribution in [2.24, 2.45) is 0 Å². The molecule has 0 aromatic carbocycles. The molecule has 2 heterocycles. The Bertz CT molecular complexity index is 200. The lowest BCUT2D eigenvalue weighted by Crippen LogP contribution is -2.49. The minimum absolute atomic E-state index is 0.358. The third kappa shape index (κ3) is 1.20. The Morgan fingerprint density at radius 3 is 2.50 bits per heavy atom. The predicted molar refractivity (Wildman–Crippen MR) is 52.2 cm³/mol. The fourth-order valence-electron chi connectivity index (χ4n) is 2.77. The second kappa shape index (κ2) is 2.59. The Hall–Kier alpha value is -0.300. The van der Waals surface area contributed by atoms with Crippen LogP contribution in [0.2, 0.25) is 0 Å². The lowest BCUT2D eigenvalue weighted by Gasteiger charge is -2.42. The maximum absolute atomic E-state index is 2.69. The molecule has 2 aliphatic rings. The maximum atomic E-state index is 2.69. The zero-order valence-electron chi connectivity index (χ0n) is 8.38. The topological polar surface area (TPSA) is 3.24 Å². The van der Waals surface area contributed by atoms with Gasteiger partial charge in [0.15, 0.2) is 0 Å². The molecule has 1 saturated heterocycles. The van der Waals surface area contributed by atoms with Crippen LogP contribution < -0.4 is 0 Å².